The Balaban J connectivity index is 2.29. The second-order valence-corrected chi connectivity index (χ2v) is 4.68. The SMILES string of the molecule is SCC1(c2ccc(Br)cc2)CC1. The number of rotatable bonds is 2. The molecule has 0 bridgehead atoms. The van der Waals surface area contributed by atoms with Crippen LogP contribution in [0.2, 0.25) is 0 Å². The van der Waals surface area contributed by atoms with Gasteiger partial charge in [0.1, 0.15) is 0 Å². The van der Waals surface area contributed by atoms with Gasteiger partial charge in [0.15, 0.2) is 0 Å². The lowest BCUT2D eigenvalue weighted by molar-refractivity contribution is 0.805. The van der Waals surface area contributed by atoms with Gasteiger partial charge in [-0.2, -0.15) is 12.6 Å². The number of halogens is 1. The molecule has 0 unspecified atom stereocenters. The maximum atomic E-state index is 4.39. The zero-order valence-electron chi connectivity index (χ0n) is 6.76. The van der Waals surface area contributed by atoms with Crippen LogP contribution in [0.3, 0.4) is 0 Å². The zero-order chi connectivity index (χ0) is 8.60. The van der Waals surface area contributed by atoms with E-state index in [4.69, 9.17) is 0 Å². The van der Waals surface area contributed by atoms with Gasteiger partial charge in [-0.1, -0.05) is 28.1 Å². The third-order valence-corrected chi connectivity index (χ3v) is 3.75. The lowest BCUT2D eigenvalue weighted by atomic mass is 9.99. The summed E-state index contributed by atoms with van der Waals surface area (Å²) in [6.45, 7) is 0. The van der Waals surface area contributed by atoms with Crippen molar-refractivity contribution in [3.63, 3.8) is 0 Å². The van der Waals surface area contributed by atoms with Crippen LogP contribution in [-0.4, -0.2) is 5.75 Å². The van der Waals surface area contributed by atoms with Crippen LogP contribution in [-0.2, 0) is 5.41 Å². The molecule has 0 radical (unpaired) electrons. The van der Waals surface area contributed by atoms with Crippen molar-refractivity contribution in [3.8, 4) is 0 Å². The first-order valence-corrected chi connectivity index (χ1v) is 5.56. The monoisotopic (exact) mass is 242 g/mol. The molecule has 2 rings (SSSR count). The van der Waals surface area contributed by atoms with E-state index in [-0.39, 0.29) is 0 Å². The molecule has 1 aliphatic rings. The summed E-state index contributed by atoms with van der Waals surface area (Å²) < 4.78 is 1.15. The molecule has 1 aromatic carbocycles. The zero-order valence-corrected chi connectivity index (χ0v) is 9.24. The van der Waals surface area contributed by atoms with Crippen molar-refractivity contribution in [2.45, 2.75) is 18.3 Å². The molecule has 1 saturated carbocycles. The molecule has 0 N–H and O–H groups in total. The van der Waals surface area contributed by atoms with E-state index >= 15 is 0 Å². The largest absolute Gasteiger partial charge is 0.178 e. The molecular formula is C10H11BrS. The molecule has 0 atom stereocenters. The molecule has 0 heterocycles. The van der Waals surface area contributed by atoms with Gasteiger partial charge in [-0.15, -0.1) is 0 Å². The first kappa shape index (κ1) is 8.64. The van der Waals surface area contributed by atoms with Crippen molar-refractivity contribution in [2.24, 2.45) is 0 Å². The predicted molar refractivity (Wildman–Crippen MR) is 58.9 cm³/mol. The van der Waals surface area contributed by atoms with Crippen LogP contribution in [0.1, 0.15) is 18.4 Å². The van der Waals surface area contributed by atoms with Gasteiger partial charge in [0.05, 0.1) is 0 Å². The number of thiol groups is 1. The standard InChI is InChI=1S/C10H11BrS/c11-9-3-1-8(2-4-9)10(7-12)5-6-10/h1-4,12H,5-7H2. The number of hydrogen-bond acceptors (Lipinski definition) is 1. The molecule has 1 aliphatic carbocycles. The summed E-state index contributed by atoms with van der Waals surface area (Å²) in [5.74, 6) is 0.981. The third-order valence-electron chi connectivity index (χ3n) is 2.61. The fraction of sp³-hybridized carbons (Fsp3) is 0.400. The Labute approximate surface area is 86.9 Å². The number of benzene rings is 1. The van der Waals surface area contributed by atoms with Crippen LogP contribution in [0, 0.1) is 0 Å². The van der Waals surface area contributed by atoms with E-state index in [1.165, 1.54) is 18.4 Å². The topological polar surface area (TPSA) is 0 Å². The summed E-state index contributed by atoms with van der Waals surface area (Å²) in [6, 6.07) is 8.62. The van der Waals surface area contributed by atoms with Crippen molar-refractivity contribution in [1.82, 2.24) is 0 Å². The molecule has 0 aliphatic heterocycles. The lowest BCUT2D eigenvalue weighted by Gasteiger charge is -2.11. The third kappa shape index (κ3) is 1.42. The number of hydrogen-bond donors (Lipinski definition) is 1. The average Bonchev–Trinajstić information content (AvgIpc) is 2.86. The van der Waals surface area contributed by atoms with Crippen LogP contribution in [0.25, 0.3) is 0 Å². The van der Waals surface area contributed by atoms with Gasteiger partial charge in [0, 0.05) is 9.89 Å². The maximum absolute atomic E-state index is 4.39. The summed E-state index contributed by atoms with van der Waals surface area (Å²) in [5.41, 5.74) is 1.87. The molecule has 2 heteroatoms. The Hall–Kier alpha value is 0.0500. The molecule has 1 aromatic rings. The van der Waals surface area contributed by atoms with E-state index in [9.17, 15) is 0 Å². The highest BCUT2D eigenvalue weighted by molar-refractivity contribution is 9.10. The van der Waals surface area contributed by atoms with E-state index in [2.05, 4.69) is 52.8 Å². The Kier molecular flexibility index (Phi) is 2.21. The first-order valence-electron chi connectivity index (χ1n) is 4.14. The molecular weight excluding hydrogens is 232 g/mol. The highest BCUT2D eigenvalue weighted by Crippen LogP contribution is 2.48. The van der Waals surface area contributed by atoms with Crippen LogP contribution in [0.15, 0.2) is 28.7 Å². The Morgan fingerprint density at radius 3 is 2.25 bits per heavy atom. The van der Waals surface area contributed by atoms with E-state index < -0.39 is 0 Å². The van der Waals surface area contributed by atoms with E-state index in [0.717, 1.165) is 10.2 Å². The second kappa shape index (κ2) is 3.08. The molecule has 64 valence electrons. The smallest absolute Gasteiger partial charge is 0.0175 e. The van der Waals surface area contributed by atoms with E-state index in [1.54, 1.807) is 0 Å². The summed E-state index contributed by atoms with van der Waals surface area (Å²) in [7, 11) is 0. The highest BCUT2D eigenvalue weighted by atomic mass is 79.9. The fourth-order valence-electron chi connectivity index (χ4n) is 1.49. The Morgan fingerprint density at radius 1 is 1.25 bits per heavy atom. The first-order chi connectivity index (χ1) is 5.77. The summed E-state index contributed by atoms with van der Waals surface area (Å²) >= 11 is 7.82. The maximum Gasteiger partial charge on any atom is 0.0175 e. The average molecular weight is 243 g/mol. The van der Waals surface area contributed by atoms with Gasteiger partial charge in [0.25, 0.3) is 0 Å². The van der Waals surface area contributed by atoms with Crippen LogP contribution in [0.4, 0.5) is 0 Å². The quantitative estimate of drug-likeness (QED) is 0.756. The Bertz CT molecular complexity index is 274. The minimum atomic E-state index is 0.420. The summed E-state index contributed by atoms with van der Waals surface area (Å²) in [6.07, 6.45) is 2.61. The van der Waals surface area contributed by atoms with Crippen molar-refractivity contribution in [1.29, 1.82) is 0 Å². The lowest BCUT2D eigenvalue weighted by Crippen LogP contribution is -2.07. The fourth-order valence-corrected chi connectivity index (χ4v) is 2.26. The van der Waals surface area contributed by atoms with Crippen molar-refractivity contribution in [3.05, 3.63) is 34.3 Å². The van der Waals surface area contributed by atoms with Gasteiger partial charge < -0.3 is 0 Å². The van der Waals surface area contributed by atoms with Crippen molar-refractivity contribution in [2.75, 3.05) is 5.75 Å². The van der Waals surface area contributed by atoms with Crippen molar-refractivity contribution >= 4 is 28.6 Å². The van der Waals surface area contributed by atoms with Crippen molar-refractivity contribution < 1.29 is 0 Å². The predicted octanol–water partition coefficient (Wildman–Crippen LogP) is 3.41. The molecule has 1 fully saturated rings. The van der Waals surface area contributed by atoms with Crippen LogP contribution >= 0.6 is 28.6 Å². The van der Waals surface area contributed by atoms with Gasteiger partial charge in [0.2, 0.25) is 0 Å². The highest BCUT2D eigenvalue weighted by Gasteiger charge is 2.42. The minimum absolute atomic E-state index is 0.420. The van der Waals surface area contributed by atoms with Gasteiger partial charge >= 0.3 is 0 Å². The molecule has 0 aromatic heterocycles. The summed E-state index contributed by atoms with van der Waals surface area (Å²) in [4.78, 5) is 0. The normalized spacial score (nSPS) is 19.2. The van der Waals surface area contributed by atoms with Gasteiger partial charge in [-0.25, -0.2) is 0 Å². The molecule has 12 heavy (non-hydrogen) atoms. The molecule has 0 spiro atoms. The van der Waals surface area contributed by atoms with E-state index in [0.29, 0.717) is 5.41 Å². The van der Waals surface area contributed by atoms with Crippen LogP contribution in [0.5, 0.6) is 0 Å². The molecule has 0 saturated heterocycles. The Morgan fingerprint density at radius 2 is 1.83 bits per heavy atom. The van der Waals surface area contributed by atoms with Gasteiger partial charge in [-0.05, 0) is 36.3 Å². The second-order valence-electron chi connectivity index (χ2n) is 3.45. The van der Waals surface area contributed by atoms with Crippen LogP contribution < -0.4 is 0 Å². The molecule has 0 nitrogen and oxygen atoms in total. The minimum Gasteiger partial charge on any atom is -0.178 e. The van der Waals surface area contributed by atoms with Gasteiger partial charge in [-0.3, -0.25) is 0 Å². The molecule has 0 amide bonds. The van der Waals surface area contributed by atoms with E-state index in [1.807, 2.05) is 0 Å². The summed E-state index contributed by atoms with van der Waals surface area (Å²) in [5, 5.41) is 0.